The molecule has 2 heterocycles. The zero-order valence-corrected chi connectivity index (χ0v) is 8.08. The molecule has 0 aliphatic carbocycles. The van der Waals surface area contributed by atoms with E-state index in [0.29, 0.717) is 17.9 Å². The molecule has 3 unspecified atom stereocenters. The molecule has 76 valence electrons. The summed E-state index contributed by atoms with van der Waals surface area (Å²) < 4.78 is 10.7. The maximum absolute atomic E-state index is 6.12. The lowest BCUT2D eigenvalue weighted by Crippen LogP contribution is -2.32. The standard InChI is InChI=1S/C10H19NO2/c11-10(9-2-4-13-7-9)5-8-1-3-12-6-8/h8-10H,1-7,11H2. The number of hydrogen-bond donors (Lipinski definition) is 1. The van der Waals surface area contributed by atoms with Crippen LogP contribution in [-0.2, 0) is 9.47 Å². The first-order chi connectivity index (χ1) is 6.36. The summed E-state index contributed by atoms with van der Waals surface area (Å²) >= 11 is 0. The Kier molecular flexibility index (Phi) is 3.19. The van der Waals surface area contributed by atoms with Crippen LogP contribution in [0.15, 0.2) is 0 Å². The average Bonchev–Trinajstić information content (AvgIpc) is 2.74. The summed E-state index contributed by atoms with van der Waals surface area (Å²) in [5.41, 5.74) is 6.12. The van der Waals surface area contributed by atoms with Crippen molar-refractivity contribution in [3.63, 3.8) is 0 Å². The maximum atomic E-state index is 6.12. The molecule has 3 heteroatoms. The molecule has 13 heavy (non-hydrogen) atoms. The quantitative estimate of drug-likeness (QED) is 0.706. The number of hydrogen-bond acceptors (Lipinski definition) is 3. The van der Waals surface area contributed by atoms with Gasteiger partial charge in [0.15, 0.2) is 0 Å². The second kappa shape index (κ2) is 4.40. The molecule has 0 spiro atoms. The van der Waals surface area contributed by atoms with Crippen LogP contribution in [0.5, 0.6) is 0 Å². The summed E-state index contributed by atoms with van der Waals surface area (Å²) in [5.74, 6) is 1.30. The molecule has 0 aromatic carbocycles. The molecular weight excluding hydrogens is 166 g/mol. The maximum Gasteiger partial charge on any atom is 0.0509 e. The highest BCUT2D eigenvalue weighted by atomic mass is 16.5. The lowest BCUT2D eigenvalue weighted by Gasteiger charge is -2.20. The number of nitrogens with two attached hydrogens (primary N) is 1. The third-order valence-electron chi connectivity index (χ3n) is 3.20. The molecule has 0 aromatic heterocycles. The van der Waals surface area contributed by atoms with E-state index in [9.17, 15) is 0 Å². The summed E-state index contributed by atoms with van der Waals surface area (Å²) in [5, 5.41) is 0. The van der Waals surface area contributed by atoms with E-state index in [1.54, 1.807) is 0 Å². The largest absolute Gasteiger partial charge is 0.381 e. The molecular formula is C10H19NO2. The normalized spacial score (nSPS) is 36.7. The van der Waals surface area contributed by atoms with Gasteiger partial charge in [0, 0.05) is 25.9 Å². The minimum absolute atomic E-state index is 0.328. The van der Waals surface area contributed by atoms with Gasteiger partial charge in [0.2, 0.25) is 0 Å². The van der Waals surface area contributed by atoms with Crippen LogP contribution in [0.2, 0.25) is 0 Å². The van der Waals surface area contributed by atoms with Gasteiger partial charge in [0.05, 0.1) is 6.61 Å². The van der Waals surface area contributed by atoms with Gasteiger partial charge in [-0.05, 0) is 31.1 Å². The number of ether oxygens (including phenoxy) is 2. The number of rotatable bonds is 3. The van der Waals surface area contributed by atoms with Crippen molar-refractivity contribution in [3.8, 4) is 0 Å². The van der Waals surface area contributed by atoms with Crippen LogP contribution in [0.25, 0.3) is 0 Å². The van der Waals surface area contributed by atoms with E-state index < -0.39 is 0 Å². The van der Waals surface area contributed by atoms with Crippen molar-refractivity contribution in [1.82, 2.24) is 0 Å². The van der Waals surface area contributed by atoms with Crippen molar-refractivity contribution in [2.75, 3.05) is 26.4 Å². The first-order valence-electron chi connectivity index (χ1n) is 5.27. The van der Waals surface area contributed by atoms with Gasteiger partial charge in [-0.25, -0.2) is 0 Å². The smallest absolute Gasteiger partial charge is 0.0509 e. The minimum Gasteiger partial charge on any atom is -0.381 e. The van der Waals surface area contributed by atoms with E-state index in [-0.39, 0.29) is 0 Å². The van der Waals surface area contributed by atoms with Crippen LogP contribution in [-0.4, -0.2) is 32.5 Å². The Morgan fingerprint density at radius 2 is 1.92 bits per heavy atom. The molecule has 0 saturated carbocycles. The van der Waals surface area contributed by atoms with Gasteiger partial charge in [0.1, 0.15) is 0 Å². The zero-order chi connectivity index (χ0) is 9.10. The highest BCUT2D eigenvalue weighted by Crippen LogP contribution is 2.24. The summed E-state index contributed by atoms with van der Waals surface area (Å²) in [6.07, 6.45) is 3.46. The second-order valence-corrected chi connectivity index (χ2v) is 4.25. The second-order valence-electron chi connectivity index (χ2n) is 4.25. The predicted molar refractivity (Wildman–Crippen MR) is 50.4 cm³/mol. The van der Waals surface area contributed by atoms with Crippen molar-refractivity contribution in [1.29, 1.82) is 0 Å². The lowest BCUT2D eigenvalue weighted by atomic mass is 9.90. The Labute approximate surface area is 79.6 Å². The van der Waals surface area contributed by atoms with Crippen LogP contribution in [0.1, 0.15) is 19.3 Å². The fourth-order valence-electron chi connectivity index (χ4n) is 2.24. The van der Waals surface area contributed by atoms with E-state index in [0.717, 1.165) is 39.3 Å². The highest BCUT2D eigenvalue weighted by molar-refractivity contribution is 4.80. The van der Waals surface area contributed by atoms with Gasteiger partial charge in [0.25, 0.3) is 0 Å². The molecule has 0 amide bonds. The molecule has 2 aliphatic heterocycles. The lowest BCUT2D eigenvalue weighted by molar-refractivity contribution is 0.169. The Hall–Kier alpha value is -0.120. The summed E-state index contributed by atoms with van der Waals surface area (Å²) in [6, 6.07) is 0.328. The zero-order valence-electron chi connectivity index (χ0n) is 8.08. The molecule has 0 bridgehead atoms. The molecule has 2 fully saturated rings. The summed E-state index contributed by atoms with van der Waals surface area (Å²) in [7, 11) is 0. The molecule has 2 aliphatic rings. The van der Waals surface area contributed by atoms with Crippen molar-refractivity contribution >= 4 is 0 Å². The fraction of sp³-hybridized carbons (Fsp3) is 1.00. The predicted octanol–water partition coefficient (Wildman–Crippen LogP) is 0.777. The van der Waals surface area contributed by atoms with E-state index in [1.807, 2.05) is 0 Å². The van der Waals surface area contributed by atoms with Crippen molar-refractivity contribution < 1.29 is 9.47 Å². The van der Waals surface area contributed by atoms with Crippen LogP contribution < -0.4 is 5.73 Å². The van der Waals surface area contributed by atoms with Crippen molar-refractivity contribution in [3.05, 3.63) is 0 Å². The topological polar surface area (TPSA) is 44.5 Å². The Balaban J connectivity index is 1.73. The Bertz CT molecular complexity index is 151. The first kappa shape index (κ1) is 9.44. The van der Waals surface area contributed by atoms with Gasteiger partial charge in [-0.15, -0.1) is 0 Å². The highest BCUT2D eigenvalue weighted by Gasteiger charge is 2.26. The molecule has 0 radical (unpaired) electrons. The van der Waals surface area contributed by atoms with Gasteiger partial charge < -0.3 is 15.2 Å². The molecule has 2 N–H and O–H groups in total. The van der Waals surface area contributed by atoms with Crippen molar-refractivity contribution in [2.24, 2.45) is 17.6 Å². The van der Waals surface area contributed by atoms with E-state index in [2.05, 4.69) is 0 Å². The van der Waals surface area contributed by atoms with Crippen LogP contribution in [0.4, 0.5) is 0 Å². The molecule has 3 nitrogen and oxygen atoms in total. The van der Waals surface area contributed by atoms with Gasteiger partial charge in [-0.2, -0.15) is 0 Å². The third kappa shape index (κ3) is 2.42. The van der Waals surface area contributed by atoms with E-state index in [1.165, 1.54) is 6.42 Å². The van der Waals surface area contributed by atoms with Gasteiger partial charge >= 0.3 is 0 Å². The fourth-order valence-corrected chi connectivity index (χ4v) is 2.24. The van der Waals surface area contributed by atoms with Gasteiger partial charge in [-0.3, -0.25) is 0 Å². The molecule has 2 rings (SSSR count). The third-order valence-corrected chi connectivity index (χ3v) is 3.20. The molecule has 3 atom stereocenters. The average molecular weight is 185 g/mol. The SMILES string of the molecule is NC(CC1CCOC1)C1CCOC1. The minimum atomic E-state index is 0.328. The van der Waals surface area contributed by atoms with Gasteiger partial charge in [-0.1, -0.05) is 0 Å². The molecule has 2 saturated heterocycles. The van der Waals surface area contributed by atoms with Crippen LogP contribution >= 0.6 is 0 Å². The van der Waals surface area contributed by atoms with E-state index in [4.69, 9.17) is 15.2 Å². The Morgan fingerprint density at radius 1 is 1.15 bits per heavy atom. The summed E-state index contributed by atoms with van der Waals surface area (Å²) in [4.78, 5) is 0. The first-order valence-corrected chi connectivity index (χ1v) is 5.27. The van der Waals surface area contributed by atoms with Crippen LogP contribution in [0, 0.1) is 11.8 Å². The summed E-state index contributed by atoms with van der Waals surface area (Å²) in [6.45, 7) is 3.62. The Morgan fingerprint density at radius 3 is 2.54 bits per heavy atom. The van der Waals surface area contributed by atoms with E-state index >= 15 is 0 Å². The van der Waals surface area contributed by atoms with Crippen LogP contribution in [0.3, 0.4) is 0 Å². The monoisotopic (exact) mass is 185 g/mol. The van der Waals surface area contributed by atoms with Crippen molar-refractivity contribution in [2.45, 2.75) is 25.3 Å². The molecule has 0 aromatic rings.